The molecular weight excluding hydrogens is 354 g/mol. The van der Waals surface area contributed by atoms with Crippen molar-refractivity contribution in [1.82, 2.24) is 5.43 Å². The zero-order valence-electron chi connectivity index (χ0n) is 14.1. The number of hydrogen-bond donors (Lipinski definition) is 3. The molecule has 0 heterocycles. The number of benzene rings is 2. The van der Waals surface area contributed by atoms with E-state index in [1.165, 1.54) is 6.07 Å². The topological polar surface area (TPSA) is 103 Å². The summed E-state index contributed by atoms with van der Waals surface area (Å²) in [7, 11) is 1.90. The highest BCUT2D eigenvalue weighted by molar-refractivity contribution is 7.80. The molecule has 3 N–H and O–H groups in total. The molecule has 136 valence electrons. The van der Waals surface area contributed by atoms with Crippen molar-refractivity contribution in [3.05, 3.63) is 64.2 Å². The molecule has 0 fully saturated rings. The first-order chi connectivity index (χ1) is 12.5. The summed E-state index contributed by atoms with van der Waals surface area (Å²) >= 11 is 5.09. The molecule has 0 aliphatic rings. The molecule has 0 saturated carbocycles. The van der Waals surface area contributed by atoms with Gasteiger partial charge in [-0.2, -0.15) is 5.10 Å². The first-order valence-electron chi connectivity index (χ1n) is 7.77. The average Bonchev–Trinajstić information content (AvgIpc) is 2.62. The van der Waals surface area contributed by atoms with Gasteiger partial charge in [-0.05, 0) is 36.0 Å². The van der Waals surface area contributed by atoms with Gasteiger partial charge in [-0.1, -0.05) is 24.3 Å². The third-order valence-corrected chi connectivity index (χ3v) is 3.69. The third-order valence-electron chi connectivity index (χ3n) is 3.50. The van der Waals surface area contributed by atoms with E-state index in [9.17, 15) is 10.1 Å². The Labute approximate surface area is 156 Å². The molecule has 0 aliphatic heterocycles. The van der Waals surface area contributed by atoms with Gasteiger partial charge >= 0.3 is 0 Å². The van der Waals surface area contributed by atoms with Crippen LogP contribution in [0.4, 0.5) is 17.1 Å². The molecule has 0 aromatic heterocycles. The maximum atomic E-state index is 11.0. The number of nitro benzene ring substituents is 1. The van der Waals surface area contributed by atoms with E-state index >= 15 is 0 Å². The van der Waals surface area contributed by atoms with Gasteiger partial charge in [-0.3, -0.25) is 15.5 Å². The van der Waals surface area contributed by atoms with E-state index in [0.717, 1.165) is 11.3 Å². The van der Waals surface area contributed by atoms with Crippen LogP contribution in [0, 0.1) is 10.1 Å². The second-order valence-electron chi connectivity index (χ2n) is 5.34. The normalized spacial score (nSPS) is 10.5. The Morgan fingerprint density at radius 2 is 2.00 bits per heavy atom. The smallest absolute Gasteiger partial charge is 0.292 e. The first-order valence-corrected chi connectivity index (χ1v) is 8.17. The maximum Gasteiger partial charge on any atom is 0.292 e. The molecule has 0 spiro atoms. The minimum absolute atomic E-state index is 0.0665. The van der Waals surface area contributed by atoms with Gasteiger partial charge in [0, 0.05) is 25.3 Å². The van der Waals surface area contributed by atoms with Crippen LogP contribution < -0.4 is 15.6 Å². The molecule has 0 saturated heterocycles. The quantitative estimate of drug-likeness (QED) is 0.296. The van der Waals surface area contributed by atoms with Gasteiger partial charge in [-0.25, -0.2) is 0 Å². The van der Waals surface area contributed by atoms with E-state index in [1.54, 1.807) is 24.4 Å². The molecule has 2 rings (SSSR count). The Balaban J connectivity index is 1.92. The van der Waals surface area contributed by atoms with Crippen LogP contribution in [0.25, 0.3) is 0 Å². The number of nitrogens with one attached hydrogen (secondary N) is 2. The molecule has 0 aliphatic carbocycles. The van der Waals surface area contributed by atoms with Crippen LogP contribution in [0.2, 0.25) is 0 Å². The lowest BCUT2D eigenvalue weighted by Crippen LogP contribution is -2.24. The van der Waals surface area contributed by atoms with Crippen LogP contribution in [0.3, 0.4) is 0 Å². The number of rotatable bonds is 7. The number of anilines is 2. The fourth-order valence-corrected chi connectivity index (χ4v) is 2.31. The van der Waals surface area contributed by atoms with Crippen molar-refractivity contribution in [3.8, 4) is 0 Å². The number of para-hydroxylation sites is 2. The summed E-state index contributed by atoms with van der Waals surface area (Å²) in [6.45, 7) is 0.647. The Morgan fingerprint density at radius 3 is 2.65 bits per heavy atom. The number of hydrazone groups is 1. The van der Waals surface area contributed by atoms with Crippen molar-refractivity contribution < 1.29 is 10.0 Å². The summed E-state index contributed by atoms with van der Waals surface area (Å²) in [4.78, 5) is 12.4. The molecule has 0 unspecified atom stereocenters. The minimum Gasteiger partial charge on any atom is -0.395 e. The van der Waals surface area contributed by atoms with Crippen LogP contribution in [-0.4, -0.2) is 41.6 Å². The van der Waals surface area contributed by atoms with Gasteiger partial charge in [0.15, 0.2) is 5.11 Å². The maximum absolute atomic E-state index is 11.0. The van der Waals surface area contributed by atoms with Crippen molar-refractivity contribution in [2.75, 3.05) is 30.4 Å². The van der Waals surface area contributed by atoms with E-state index in [-0.39, 0.29) is 17.4 Å². The van der Waals surface area contributed by atoms with Gasteiger partial charge < -0.3 is 15.3 Å². The zero-order valence-corrected chi connectivity index (χ0v) is 14.9. The van der Waals surface area contributed by atoms with E-state index in [2.05, 4.69) is 15.8 Å². The van der Waals surface area contributed by atoms with E-state index < -0.39 is 4.92 Å². The summed E-state index contributed by atoms with van der Waals surface area (Å²) in [5.74, 6) is 0. The van der Waals surface area contributed by atoms with Gasteiger partial charge in [0.05, 0.1) is 17.7 Å². The second-order valence-corrected chi connectivity index (χ2v) is 5.74. The van der Waals surface area contributed by atoms with E-state index in [0.29, 0.717) is 12.2 Å². The van der Waals surface area contributed by atoms with Crippen LogP contribution in [0.1, 0.15) is 5.56 Å². The van der Waals surface area contributed by atoms with Crippen LogP contribution in [0.5, 0.6) is 0 Å². The fraction of sp³-hybridized carbons (Fsp3) is 0.176. The van der Waals surface area contributed by atoms with Crippen molar-refractivity contribution in [1.29, 1.82) is 0 Å². The van der Waals surface area contributed by atoms with E-state index in [4.69, 9.17) is 17.3 Å². The molecule has 9 heteroatoms. The third kappa shape index (κ3) is 5.50. The molecule has 0 radical (unpaired) electrons. The standard InChI is InChI=1S/C17H19N5O3S/c1-21(10-11-23)14-8-6-13(7-9-14)12-18-20-17(26)19-15-4-2-3-5-16(15)22(24)25/h2-9,12,23H,10-11H2,1H3,(H2,19,20,26)/b18-12-. The van der Waals surface area contributed by atoms with Crippen LogP contribution in [0.15, 0.2) is 53.6 Å². The fourth-order valence-electron chi connectivity index (χ4n) is 2.15. The highest BCUT2D eigenvalue weighted by Gasteiger charge is 2.12. The predicted octanol–water partition coefficient (Wildman–Crippen LogP) is 2.34. The summed E-state index contributed by atoms with van der Waals surface area (Å²) in [6.07, 6.45) is 1.59. The first kappa shape index (κ1) is 19.3. The predicted molar refractivity (Wildman–Crippen MR) is 107 cm³/mol. The number of nitro groups is 1. The molecule has 2 aromatic rings. The largest absolute Gasteiger partial charge is 0.395 e. The monoisotopic (exact) mass is 373 g/mol. The molecule has 2 aromatic carbocycles. The number of likely N-dealkylation sites (N-methyl/N-ethyl adjacent to an activating group) is 1. The van der Waals surface area contributed by atoms with Crippen molar-refractivity contribution in [2.24, 2.45) is 5.10 Å². The van der Waals surface area contributed by atoms with Gasteiger partial charge in [-0.15, -0.1) is 0 Å². The van der Waals surface area contributed by atoms with Gasteiger partial charge in [0.2, 0.25) is 0 Å². The number of aliphatic hydroxyl groups excluding tert-OH is 1. The zero-order chi connectivity index (χ0) is 18.9. The minimum atomic E-state index is -0.483. The number of aliphatic hydroxyl groups is 1. The number of nitrogens with zero attached hydrogens (tertiary/aromatic N) is 3. The molecule has 8 nitrogen and oxygen atoms in total. The second kappa shape index (κ2) is 9.44. The van der Waals surface area contributed by atoms with Crippen molar-refractivity contribution in [2.45, 2.75) is 0 Å². The molecular formula is C17H19N5O3S. The van der Waals surface area contributed by atoms with Crippen LogP contribution in [-0.2, 0) is 0 Å². The summed E-state index contributed by atoms with van der Waals surface area (Å²) in [5, 5.41) is 26.8. The Hall–Kier alpha value is -3.04. The van der Waals surface area contributed by atoms with Crippen molar-refractivity contribution in [3.63, 3.8) is 0 Å². The van der Waals surface area contributed by atoms with Crippen LogP contribution >= 0.6 is 12.2 Å². The SMILES string of the molecule is CN(CCO)c1ccc(/C=N\NC(=S)Nc2ccccc2[N+](=O)[O-])cc1. The summed E-state index contributed by atoms with van der Waals surface area (Å²) < 4.78 is 0. The highest BCUT2D eigenvalue weighted by atomic mass is 32.1. The molecule has 0 amide bonds. The Bertz CT molecular complexity index is 795. The van der Waals surface area contributed by atoms with Gasteiger partial charge in [0.1, 0.15) is 5.69 Å². The lowest BCUT2D eigenvalue weighted by atomic mass is 10.2. The molecule has 26 heavy (non-hydrogen) atoms. The Kier molecular flexibility index (Phi) is 7.01. The number of thiocarbonyl (C=S) groups is 1. The van der Waals surface area contributed by atoms with E-state index in [1.807, 2.05) is 36.2 Å². The summed E-state index contributed by atoms with van der Waals surface area (Å²) in [6, 6.07) is 13.8. The number of hydrogen-bond acceptors (Lipinski definition) is 6. The highest BCUT2D eigenvalue weighted by Crippen LogP contribution is 2.22. The molecule has 0 atom stereocenters. The summed E-state index contributed by atoms with van der Waals surface area (Å²) in [5.41, 5.74) is 4.69. The lowest BCUT2D eigenvalue weighted by molar-refractivity contribution is -0.383. The van der Waals surface area contributed by atoms with Crippen molar-refractivity contribution >= 4 is 40.6 Å². The van der Waals surface area contributed by atoms with Gasteiger partial charge in [0.25, 0.3) is 5.69 Å². The average molecular weight is 373 g/mol. The molecule has 0 bridgehead atoms. The Morgan fingerprint density at radius 1 is 1.31 bits per heavy atom. The lowest BCUT2D eigenvalue weighted by Gasteiger charge is -2.17.